The fourth-order valence-corrected chi connectivity index (χ4v) is 3.83. The number of carbonyl (C=O) groups is 1. The van der Waals surface area contributed by atoms with E-state index in [1.807, 2.05) is 36.1 Å². The van der Waals surface area contributed by atoms with Crippen molar-refractivity contribution in [2.75, 3.05) is 29.9 Å². The van der Waals surface area contributed by atoms with E-state index in [1.165, 1.54) is 12.4 Å². The lowest BCUT2D eigenvalue weighted by atomic mass is 10.1. The average molecular weight is 453 g/mol. The maximum atomic E-state index is 13.9. The molecule has 2 amide bonds. The summed E-state index contributed by atoms with van der Waals surface area (Å²) in [5.74, 6) is -0.867. The van der Waals surface area contributed by atoms with Crippen molar-refractivity contribution in [3.8, 4) is 11.6 Å². The van der Waals surface area contributed by atoms with Crippen LogP contribution < -0.4 is 15.0 Å². The molecule has 1 aromatic heterocycles. The molecule has 4 rings (SSSR count). The van der Waals surface area contributed by atoms with Gasteiger partial charge < -0.3 is 19.9 Å². The zero-order valence-electron chi connectivity index (χ0n) is 18.5. The molecule has 1 unspecified atom stereocenters. The van der Waals surface area contributed by atoms with Gasteiger partial charge in [-0.25, -0.2) is 23.5 Å². The van der Waals surface area contributed by atoms with Crippen LogP contribution in [0.2, 0.25) is 0 Å². The molecule has 1 fully saturated rings. The fourth-order valence-electron chi connectivity index (χ4n) is 3.83. The number of halogens is 2. The number of amides is 2. The Morgan fingerprint density at radius 2 is 1.97 bits per heavy atom. The van der Waals surface area contributed by atoms with Crippen LogP contribution in [0.1, 0.15) is 19.4 Å². The Morgan fingerprint density at radius 3 is 2.73 bits per heavy atom. The van der Waals surface area contributed by atoms with Gasteiger partial charge in [0.2, 0.25) is 5.88 Å². The van der Waals surface area contributed by atoms with Crippen molar-refractivity contribution in [1.29, 1.82) is 0 Å². The van der Waals surface area contributed by atoms with Crippen molar-refractivity contribution in [3.63, 3.8) is 0 Å². The number of benzene rings is 2. The number of hydrogen-bond donors (Lipinski definition) is 1. The smallest absolute Gasteiger partial charge is 0.322 e. The highest BCUT2D eigenvalue weighted by atomic mass is 19.1. The van der Waals surface area contributed by atoms with Crippen LogP contribution in [0.15, 0.2) is 54.9 Å². The maximum Gasteiger partial charge on any atom is 0.322 e. The van der Waals surface area contributed by atoms with Gasteiger partial charge in [-0.05, 0) is 37.1 Å². The Kier molecular flexibility index (Phi) is 6.67. The summed E-state index contributed by atoms with van der Waals surface area (Å²) in [6, 6.07) is 12.2. The van der Waals surface area contributed by atoms with E-state index < -0.39 is 11.6 Å². The van der Waals surface area contributed by atoms with Crippen LogP contribution in [-0.4, -0.2) is 46.6 Å². The Labute approximate surface area is 191 Å². The summed E-state index contributed by atoms with van der Waals surface area (Å²) in [5, 5.41) is 3.02. The Morgan fingerprint density at radius 1 is 1.15 bits per heavy atom. The van der Waals surface area contributed by atoms with Crippen molar-refractivity contribution in [3.05, 3.63) is 72.1 Å². The molecule has 2 aromatic carbocycles. The fraction of sp³-hybridized carbons (Fsp3) is 0.292. The van der Waals surface area contributed by atoms with E-state index in [9.17, 15) is 13.6 Å². The molecule has 2 heterocycles. The number of urea groups is 1. The van der Waals surface area contributed by atoms with Crippen LogP contribution in [0.25, 0.3) is 0 Å². The average Bonchev–Trinajstić information content (AvgIpc) is 2.81. The number of aryl methyl sites for hydroxylation is 1. The molecular formula is C24H25F2N5O2. The van der Waals surface area contributed by atoms with Gasteiger partial charge in [0, 0.05) is 43.5 Å². The summed E-state index contributed by atoms with van der Waals surface area (Å²) in [5.41, 5.74) is 1.91. The summed E-state index contributed by atoms with van der Waals surface area (Å²) in [6.45, 7) is 5.66. The number of aromatic nitrogens is 2. The molecule has 9 heteroatoms. The van der Waals surface area contributed by atoms with Crippen molar-refractivity contribution in [1.82, 2.24) is 14.9 Å². The quantitative estimate of drug-likeness (QED) is 0.598. The maximum absolute atomic E-state index is 13.9. The number of anilines is 2. The first-order valence-corrected chi connectivity index (χ1v) is 10.8. The standard InChI is InChI=1S/C24H25F2N5O2/c1-3-17-6-4-5-7-20(17)29-24(32)31-11-10-30(14-16(31)2)22-13-23(28-15-27-22)33-21-9-8-18(25)12-19(21)26/h4-9,12-13,15-16H,3,10-11,14H2,1-2H3,(H,29,32). The molecule has 1 saturated heterocycles. The molecule has 1 atom stereocenters. The monoisotopic (exact) mass is 453 g/mol. The number of nitrogens with one attached hydrogen (secondary N) is 1. The number of para-hydroxylation sites is 1. The lowest BCUT2D eigenvalue weighted by Crippen LogP contribution is -2.55. The van der Waals surface area contributed by atoms with E-state index in [1.54, 1.807) is 11.0 Å². The first kappa shape index (κ1) is 22.4. The molecule has 0 radical (unpaired) electrons. The number of rotatable bonds is 5. The molecule has 1 aliphatic heterocycles. The van der Waals surface area contributed by atoms with Gasteiger partial charge in [0.15, 0.2) is 11.6 Å². The predicted octanol–water partition coefficient (Wildman–Crippen LogP) is 4.85. The lowest BCUT2D eigenvalue weighted by Gasteiger charge is -2.40. The minimum atomic E-state index is -0.812. The molecule has 0 spiro atoms. The third kappa shape index (κ3) is 5.19. The minimum Gasteiger partial charge on any atom is -0.436 e. The molecule has 7 nitrogen and oxygen atoms in total. The SMILES string of the molecule is CCc1ccccc1NC(=O)N1CCN(c2cc(Oc3ccc(F)cc3F)ncn2)CC1C. The number of hydrogen-bond acceptors (Lipinski definition) is 5. The second-order valence-electron chi connectivity index (χ2n) is 7.82. The van der Waals surface area contributed by atoms with Gasteiger partial charge >= 0.3 is 6.03 Å². The van der Waals surface area contributed by atoms with Crippen molar-refractivity contribution in [2.45, 2.75) is 26.3 Å². The molecule has 172 valence electrons. The van der Waals surface area contributed by atoms with Gasteiger partial charge in [-0.2, -0.15) is 0 Å². The zero-order chi connectivity index (χ0) is 23.4. The normalized spacial score (nSPS) is 15.9. The molecular weight excluding hydrogens is 428 g/mol. The van der Waals surface area contributed by atoms with Gasteiger partial charge in [-0.15, -0.1) is 0 Å². The molecule has 33 heavy (non-hydrogen) atoms. The van der Waals surface area contributed by atoms with Gasteiger partial charge in [-0.3, -0.25) is 0 Å². The van der Waals surface area contributed by atoms with Gasteiger partial charge in [0.05, 0.1) is 0 Å². The number of piperazine rings is 1. The third-order valence-corrected chi connectivity index (χ3v) is 5.59. The molecule has 1 aliphatic rings. The molecule has 3 aromatic rings. The van der Waals surface area contributed by atoms with E-state index in [-0.39, 0.29) is 23.7 Å². The van der Waals surface area contributed by atoms with Crippen LogP contribution in [0, 0.1) is 11.6 Å². The second kappa shape index (κ2) is 9.81. The van der Waals surface area contributed by atoms with E-state index in [4.69, 9.17) is 4.74 Å². The van der Waals surface area contributed by atoms with Crippen molar-refractivity contribution < 1.29 is 18.3 Å². The van der Waals surface area contributed by atoms with Crippen LogP contribution >= 0.6 is 0 Å². The Hall–Kier alpha value is -3.75. The highest BCUT2D eigenvalue weighted by Gasteiger charge is 2.28. The zero-order valence-corrected chi connectivity index (χ0v) is 18.5. The Balaban J connectivity index is 1.41. The lowest BCUT2D eigenvalue weighted by molar-refractivity contribution is 0.184. The van der Waals surface area contributed by atoms with Gasteiger partial charge in [0.1, 0.15) is 18.0 Å². The second-order valence-corrected chi connectivity index (χ2v) is 7.82. The minimum absolute atomic E-state index is 0.0681. The molecule has 0 aliphatic carbocycles. The highest BCUT2D eigenvalue weighted by molar-refractivity contribution is 5.90. The number of carbonyl (C=O) groups excluding carboxylic acids is 1. The summed E-state index contributed by atoms with van der Waals surface area (Å²) in [7, 11) is 0. The molecule has 0 bridgehead atoms. The van der Waals surface area contributed by atoms with E-state index in [0.29, 0.717) is 25.5 Å². The summed E-state index contributed by atoms with van der Waals surface area (Å²) < 4.78 is 32.5. The first-order valence-electron chi connectivity index (χ1n) is 10.8. The van der Waals surface area contributed by atoms with Crippen molar-refractivity contribution >= 4 is 17.5 Å². The van der Waals surface area contributed by atoms with E-state index in [2.05, 4.69) is 22.2 Å². The summed E-state index contributed by atoms with van der Waals surface area (Å²) >= 11 is 0. The molecule has 1 N–H and O–H groups in total. The van der Waals surface area contributed by atoms with E-state index >= 15 is 0 Å². The van der Waals surface area contributed by atoms with Gasteiger partial charge in [0.25, 0.3) is 0 Å². The Bertz CT molecular complexity index is 1140. The number of ether oxygens (including phenoxy) is 1. The van der Waals surface area contributed by atoms with E-state index in [0.717, 1.165) is 29.8 Å². The van der Waals surface area contributed by atoms with Crippen LogP contribution in [0.4, 0.5) is 25.1 Å². The van der Waals surface area contributed by atoms with Crippen LogP contribution in [0.3, 0.4) is 0 Å². The predicted molar refractivity (Wildman–Crippen MR) is 122 cm³/mol. The highest BCUT2D eigenvalue weighted by Crippen LogP contribution is 2.26. The van der Waals surface area contributed by atoms with Gasteiger partial charge in [-0.1, -0.05) is 25.1 Å². The molecule has 0 saturated carbocycles. The number of nitrogens with zero attached hydrogens (tertiary/aromatic N) is 4. The first-order chi connectivity index (χ1) is 15.9. The van der Waals surface area contributed by atoms with Crippen LogP contribution in [-0.2, 0) is 6.42 Å². The summed E-state index contributed by atoms with van der Waals surface area (Å²) in [4.78, 5) is 25.0. The van der Waals surface area contributed by atoms with Crippen molar-refractivity contribution in [2.24, 2.45) is 0 Å². The summed E-state index contributed by atoms with van der Waals surface area (Å²) in [6.07, 6.45) is 2.16. The van der Waals surface area contributed by atoms with Crippen LogP contribution in [0.5, 0.6) is 11.6 Å². The largest absolute Gasteiger partial charge is 0.436 e. The third-order valence-electron chi connectivity index (χ3n) is 5.59. The topological polar surface area (TPSA) is 70.6 Å².